The van der Waals surface area contributed by atoms with Crippen LogP contribution in [-0.2, 0) is 17.8 Å². The average molecular weight is 384 g/mol. The number of hydrogen-bond acceptors (Lipinski definition) is 6. The van der Waals surface area contributed by atoms with Crippen LogP contribution in [0.3, 0.4) is 0 Å². The van der Waals surface area contributed by atoms with Crippen molar-refractivity contribution in [3.8, 4) is 17.2 Å². The van der Waals surface area contributed by atoms with Crippen molar-refractivity contribution in [3.63, 3.8) is 0 Å². The average Bonchev–Trinajstić information content (AvgIpc) is 3.19. The number of nitrogens with zero attached hydrogens (tertiary/aromatic N) is 2. The number of fused-ring (bicyclic) bond motifs is 1. The first-order chi connectivity index (χ1) is 13.6. The molecule has 148 valence electrons. The minimum Gasteiger partial charge on any atom is -0.508 e. The molecule has 0 aliphatic carbocycles. The maximum absolute atomic E-state index is 12.4. The van der Waals surface area contributed by atoms with Crippen molar-refractivity contribution in [2.24, 2.45) is 0 Å². The number of benzene rings is 2. The highest BCUT2D eigenvalue weighted by molar-refractivity contribution is 5.71. The molecule has 2 heterocycles. The summed E-state index contributed by atoms with van der Waals surface area (Å²) in [6, 6.07) is 12.9. The van der Waals surface area contributed by atoms with Crippen molar-refractivity contribution in [1.82, 2.24) is 9.80 Å². The Bertz CT molecular complexity index is 872. The molecule has 28 heavy (non-hydrogen) atoms. The zero-order valence-corrected chi connectivity index (χ0v) is 16.0. The third-order valence-corrected chi connectivity index (χ3v) is 5.32. The second kappa shape index (κ2) is 7.59. The summed E-state index contributed by atoms with van der Waals surface area (Å²) in [6.07, 6.45) is -0.410. The number of aromatic hydroxyl groups is 1. The summed E-state index contributed by atoms with van der Waals surface area (Å²) in [5, 5.41) is 9.65. The molecule has 0 spiro atoms. The normalized spacial score (nSPS) is 21.5. The summed E-state index contributed by atoms with van der Waals surface area (Å²) in [4.78, 5) is 16.4. The summed E-state index contributed by atoms with van der Waals surface area (Å²) in [7, 11) is 3.19. The number of carbonyl (C=O) groups excluding carboxylic acids is 1. The first-order valence-electron chi connectivity index (χ1n) is 9.26. The Labute approximate surface area is 164 Å². The molecule has 2 aliphatic rings. The number of amides is 1. The van der Waals surface area contributed by atoms with E-state index in [4.69, 9.17) is 14.2 Å². The van der Waals surface area contributed by atoms with Gasteiger partial charge in [-0.15, -0.1) is 0 Å². The van der Waals surface area contributed by atoms with Crippen LogP contribution >= 0.6 is 0 Å². The van der Waals surface area contributed by atoms with Crippen LogP contribution in [0.2, 0.25) is 0 Å². The highest BCUT2D eigenvalue weighted by atomic mass is 16.6. The standard InChI is InChI=1S/C21H24N2O5/c1-26-18-7-6-15(9-19(18)27-2)11-23-17-12-22(13-20(17)28-21(23)25)10-14-4-3-5-16(24)8-14/h3-9,17,20,24H,10-13H2,1-2H3/t17-,20+/m1/s1. The zero-order chi connectivity index (χ0) is 19.7. The fourth-order valence-corrected chi connectivity index (χ4v) is 3.98. The van der Waals surface area contributed by atoms with E-state index in [1.165, 1.54) is 0 Å². The summed E-state index contributed by atoms with van der Waals surface area (Å²) < 4.78 is 16.2. The summed E-state index contributed by atoms with van der Waals surface area (Å²) in [5.41, 5.74) is 2.00. The smallest absolute Gasteiger partial charge is 0.410 e. The lowest BCUT2D eigenvalue weighted by Gasteiger charge is -2.23. The molecule has 2 aliphatic heterocycles. The van der Waals surface area contributed by atoms with Crippen molar-refractivity contribution >= 4 is 6.09 Å². The van der Waals surface area contributed by atoms with E-state index >= 15 is 0 Å². The predicted octanol–water partition coefficient (Wildman–Crippen LogP) is 2.61. The molecule has 7 heteroatoms. The Balaban J connectivity index is 1.45. The van der Waals surface area contributed by atoms with Crippen molar-refractivity contribution in [2.45, 2.75) is 25.2 Å². The molecule has 2 fully saturated rings. The van der Waals surface area contributed by atoms with E-state index in [1.807, 2.05) is 30.3 Å². The van der Waals surface area contributed by atoms with Gasteiger partial charge in [-0.3, -0.25) is 9.80 Å². The van der Waals surface area contributed by atoms with Gasteiger partial charge in [0, 0.05) is 26.2 Å². The van der Waals surface area contributed by atoms with Gasteiger partial charge in [0.05, 0.1) is 20.3 Å². The summed E-state index contributed by atoms with van der Waals surface area (Å²) in [6.45, 7) is 2.59. The Kier molecular flexibility index (Phi) is 5.00. The van der Waals surface area contributed by atoms with E-state index < -0.39 is 0 Å². The molecule has 0 saturated carbocycles. The lowest BCUT2D eigenvalue weighted by atomic mass is 10.1. The number of carbonyl (C=O) groups is 1. The Morgan fingerprint density at radius 3 is 2.57 bits per heavy atom. The fraction of sp³-hybridized carbons (Fsp3) is 0.381. The van der Waals surface area contributed by atoms with E-state index in [0.717, 1.165) is 17.7 Å². The molecule has 2 aromatic rings. The third-order valence-electron chi connectivity index (χ3n) is 5.32. The lowest BCUT2D eigenvalue weighted by Crippen LogP contribution is -2.37. The number of phenolic OH excluding ortho intramolecular Hbond substituents is 1. The topological polar surface area (TPSA) is 71.5 Å². The van der Waals surface area contributed by atoms with Crippen molar-refractivity contribution in [2.75, 3.05) is 27.3 Å². The van der Waals surface area contributed by atoms with Crippen molar-refractivity contribution in [3.05, 3.63) is 53.6 Å². The minimum absolute atomic E-state index is 0.0119. The molecular formula is C21H24N2O5. The first-order valence-corrected chi connectivity index (χ1v) is 9.26. The molecule has 1 amide bonds. The Morgan fingerprint density at radius 2 is 1.82 bits per heavy atom. The van der Waals surface area contributed by atoms with Crippen LogP contribution in [0.1, 0.15) is 11.1 Å². The number of likely N-dealkylation sites (tertiary alicyclic amines) is 1. The highest BCUT2D eigenvalue weighted by Gasteiger charge is 2.47. The number of rotatable bonds is 6. The first kappa shape index (κ1) is 18.4. The van der Waals surface area contributed by atoms with E-state index in [2.05, 4.69) is 4.90 Å². The van der Waals surface area contributed by atoms with Gasteiger partial charge in [-0.25, -0.2) is 4.79 Å². The van der Waals surface area contributed by atoms with Crippen molar-refractivity contribution < 1.29 is 24.1 Å². The molecule has 4 rings (SSSR count). The van der Waals surface area contributed by atoms with E-state index in [1.54, 1.807) is 31.3 Å². The second-order valence-corrected chi connectivity index (χ2v) is 7.17. The van der Waals surface area contributed by atoms with Gasteiger partial charge in [0.1, 0.15) is 11.9 Å². The van der Waals surface area contributed by atoms with E-state index in [9.17, 15) is 9.90 Å². The molecule has 0 radical (unpaired) electrons. The van der Waals surface area contributed by atoms with Crippen LogP contribution in [-0.4, -0.2) is 60.5 Å². The van der Waals surface area contributed by atoms with Gasteiger partial charge in [-0.05, 0) is 35.4 Å². The van der Waals surface area contributed by atoms with E-state index in [0.29, 0.717) is 31.1 Å². The molecule has 0 bridgehead atoms. The molecule has 2 atom stereocenters. The van der Waals surface area contributed by atoms with Crippen LogP contribution < -0.4 is 9.47 Å². The quantitative estimate of drug-likeness (QED) is 0.826. The van der Waals surface area contributed by atoms with Crippen LogP contribution in [0.5, 0.6) is 17.2 Å². The van der Waals surface area contributed by atoms with Gasteiger partial charge < -0.3 is 19.3 Å². The number of hydrogen-bond donors (Lipinski definition) is 1. The van der Waals surface area contributed by atoms with Crippen LogP contribution in [0.4, 0.5) is 4.79 Å². The molecule has 2 aromatic carbocycles. The highest BCUT2D eigenvalue weighted by Crippen LogP contribution is 2.32. The van der Waals surface area contributed by atoms with E-state index in [-0.39, 0.29) is 24.0 Å². The minimum atomic E-state index is -0.276. The summed E-state index contributed by atoms with van der Waals surface area (Å²) in [5.74, 6) is 1.56. The molecule has 2 saturated heterocycles. The number of methoxy groups -OCH3 is 2. The van der Waals surface area contributed by atoms with Gasteiger partial charge in [-0.2, -0.15) is 0 Å². The van der Waals surface area contributed by atoms with Crippen LogP contribution in [0.25, 0.3) is 0 Å². The number of ether oxygens (including phenoxy) is 3. The monoisotopic (exact) mass is 384 g/mol. The Hall–Kier alpha value is -2.93. The molecular weight excluding hydrogens is 360 g/mol. The zero-order valence-electron chi connectivity index (χ0n) is 16.0. The van der Waals surface area contributed by atoms with Crippen LogP contribution in [0.15, 0.2) is 42.5 Å². The third kappa shape index (κ3) is 3.57. The molecule has 0 aromatic heterocycles. The molecule has 0 unspecified atom stereocenters. The van der Waals surface area contributed by atoms with Gasteiger partial charge in [0.15, 0.2) is 11.5 Å². The molecule has 1 N–H and O–H groups in total. The maximum atomic E-state index is 12.4. The van der Waals surface area contributed by atoms with Gasteiger partial charge in [0.2, 0.25) is 0 Å². The second-order valence-electron chi connectivity index (χ2n) is 7.17. The molecule has 7 nitrogen and oxygen atoms in total. The Morgan fingerprint density at radius 1 is 1.04 bits per heavy atom. The predicted molar refractivity (Wildman–Crippen MR) is 103 cm³/mol. The number of phenols is 1. The lowest BCUT2D eigenvalue weighted by molar-refractivity contribution is 0.119. The van der Waals surface area contributed by atoms with Crippen molar-refractivity contribution in [1.29, 1.82) is 0 Å². The van der Waals surface area contributed by atoms with Gasteiger partial charge in [-0.1, -0.05) is 18.2 Å². The maximum Gasteiger partial charge on any atom is 0.410 e. The van der Waals surface area contributed by atoms with Crippen LogP contribution in [0, 0.1) is 0 Å². The fourth-order valence-electron chi connectivity index (χ4n) is 3.98. The SMILES string of the molecule is COc1ccc(CN2C(=O)O[C@H]3CN(Cc4cccc(O)c4)C[C@H]32)cc1OC. The largest absolute Gasteiger partial charge is 0.508 e. The van der Waals surface area contributed by atoms with Gasteiger partial charge >= 0.3 is 6.09 Å². The summed E-state index contributed by atoms with van der Waals surface area (Å²) >= 11 is 0. The van der Waals surface area contributed by atoms with Gasteiger partial charge in [0.25, 0.3) is 0 Å².